The Morgan fingerprint density at radius 1 is 1.06 bits per heavy atom. The Morgan fingerprint density at radius 2 is 1.59 bits per heavy atom. The van der Waals surface area contributed by atoms with E-state index >= 15 is 0 Å². The monoisotopic (exact) mass is 229 g/mol. The molecule has 17 heavy (non-hydrogen) atoms. The number of benzene rings is 1. The second kappa shape index (κ2) is 4.45. The smallest absolute Gasteiger partial charge is 0.0360 e. The Bertz CT molecular complexity index is 363. The Balaban J connectivity index is 2.00. The second-order valence-corrected chi connectivity index (χ2v) is 5.51. The van der Waals surface area contributed by atoms with Gasteiger partial charge in [0.2, 0.25) is 0 Å². The van der Waals surface area contributed by atoms with Crippen LogP contribution in [0.2, 0.25) is 0 Å². The molecule has 2 bridgehead atoms. The van der Waals surface area contributed by atoms with Crippen molar-refractivity contribution in [2.45, 2.75) is 64.1 Å². The molecule has 1 fully saturated rings. The first-order chi connectivity index (χ1) is 8.36. The molecule has 0 saturated carbocycles. The van der Waals surface area contributed by atoms with E-state index in [0.717, 1.165) is 18.1 Å². The van der Waals surface area contributed by atoms with Gasteiger partial charge in [-0.25, -0.2) is 0 Å². The van der Waals surface area contributed by atoms with Crippen molar-refractivity contribution >= 4 is 0 Å². The molecule has 1 nitrogen and oxygen atoms in total. The third-order valence-electron chi connectivity index (χ3n) is 4.75. The van der Waals surface area contributed by atoms with Gasteiger partial charge in [0.1, 0.15) is 0 Å². The van der Waals surface area contributed by atoms with Crippen LogP contribution in [0.5, 0.6) is 0 Å². The van der Waals surface area contributed by atoms with Gasteiger partial charge in [0, 0.05) is 18.1 Å². The largest absolute Gasteiger partial charge is 0.286 e. The molecular weight excluding hydrogens is 206 g/mol. The van der Waals surface area contributed by atoms with Crippen LogP contribution in [0.25, 0.3) is 0 Å². The number of rotatable bonds is 3. The van der Waals surface area contributed by atoms with Gasteiger partial charge in [0.25, 0.3) is 0 Å². The van der Waals surface area contributed by atoms with Crippen LogP contribution >= 0.6 is 0 Å². The lowest BCUT2D eigenvalue weighted by Gasteiger charge is -2.40. The zero-order valence-electron chi connectivity index (χ0n) is 11.0. The van der Waals surface area contributed by atoms with Crippen LogP contribution in [0, 0.1) is 0 Å². The van der Waals surface area contributed by atoms with E-state index < -0.39 is 0 Å². The van der Waals surface area contributed by atoms with Crippen LogP contribution < -0.4 is 0 Å². The summed E-state index contributed by atoms with van der Waals surface area (Å²) in [6.45, 7) is 4.68. The lowest BCUT2D eigenvalue weighted by molar-refractivity contribution is 0.0543. The Morgan fingerprint density at radius 3 is 2.06 bits per heavy atom. The molecule has 92 valence electrons. The van der Waals surface area contributed by atoms with Crippen molar-refractivity contribution < 1.29 is 0 Å². The lowest BCUT2D eigenvalue weighted by Crippen LogP contribution is -2.38. The Hall–Kier alpha value is -0.820. The topological polar surface area (TPSA) is 3.24 Å². The minimum Gasteiger partial charge on any atom is -0.286 e. The van der Waals surface area contributed by atoms with E-state index in [1.807, 2.05) is 0 Å². The summed E-state index contributed by atoms with van der Waals surface area (Å²) in [6.07, 6.45) is 6.71. The average Bonchev–Trinajstić information content (AvgIpc) is 2.57. The van der Waals surface area contributed by atoms with Crippen molar-refractivity contribution in [3.8, 4) is 0 Å². The molecule has 1 saturated heterocycles. The summed E-state index contributed by atoms with van der Waals surface area (Å²) >= 11 is 0. The molecule has 0 N–H and O–H groups in total. The molecule has 1 heteroatoms. The number of hydrogen-bond donors (Lipinski definition) is 0. The van der Waals surface area contributed by atoms with E-state index in [4.69, 9.17) is 0 Å². The first-order valence-corrected chi connectivity index (χ1v) is 7.23. The van der Waals surface area contributed by atoms with Gasteiger partial charge in [0.05, 0.1) is 0 Å². The number of nitrogens with zero attached hydrogens (tertiary/aromatic N) is 1. The summed E-state index contributed by atoms with van der Waals surface area (Å²) in [5.41, 5.74) is 3.25. The molecule has 2 aliphatic rings. The molecule has 2 heterocycles. The maximum Gasteiger partial charge on any atom is 0.0360 e. The fraction of sp³-hybridized carbons (Fsp3) is 0.625. The van der Waals surface area contributed by atoms with Gasteiger partial charge in [-0.05, 0) is 43.2 Å². The van der Waals surface area contributed by atoms with E-state index in [1.54, 1.807) is 11.1 Å². The van der Waals surface area contributed by atoms with Crippen molar-refractivity contribution in [2.75, 3.05) is 0 Å². The summed E-state index contributed by atoms with van der Waals surface area (Å²) < 4.78 is 0. The van der Waals surface area contributed by atoms with Gasteiger partial charge >= 0.3 is 0 Å². The van der Waals surface area contributed by atoms with Gasteiger partial charge in [-0.15, -0.1) is 0 Å². The molecular formula is C16H23N. The van der Waals surface area contributed by atoms with Gasteiger partial charge in [-0.2, -0.15) is 0 Å². The molecule has 2 atom stereocenters. The van der Waals surface area contributed by atoms with E-state index in [9.17, 15) is 0 Å². The molecule has 1 aromatic rings. The molecule has 0 spiro atoms. The predicted octanol–water partition coefficient (Wildman–Crippen LogP) is 4.46. The minimum absolute atomic E-state index is 0.717. The molecule has 2 unspecified atom stereocenters. The number of hydrogen-bond acceptors (Lipinski definition) is 1. The Labute approximate surface area is 105 Å². The lowest BCUT2D eigenvalue weighted by atomic mass is 9.96. The van der Waals surface area contributed by atoms with Crippen molar-refractivity contribution in [3.05, 3.63) is 35.4 Å². The Kier molecular flexibility index (Phi) is 2.96. The zero-order chi connectivity index (χ0) is 11.8. The van der Waals surface area contributed by atoms with Crippen molar-refractivity contribution in [1.82, 2.24) is 4.90 Å². The van der Waals surface area contributed by atoms with Gasteiger partial charge in [-0.3, -0.25) is 4.90 Å². The van der Waals surface area contributed by atoms with E-state index in [2.05, 4.69) is 43.0 Å². The van der Waals surface area contributed by atoms with Crippen molar-refractivity contribution in [1.29, 1.82) is 0 Å². The van der Waals surface area contributed by atoms with Crippen LogP contribution in [0.15, 0.2) is 24.3 Å². The molecule has 0 amide bonds. The van der Waals surface area contributed by atoms with Crippen LogP contribution in [0.4, 0.5) is 0 Å². The van der Waals surface area contributed by atoms with Crippen LogP contribution in [-0.2, 0) is 0 Å². The highest BCUT2D eigenvalue weighted by Crippen LogP contribution is 2.52. The normalized spacial score (nSPS) is 27.5. The summed E-state index contributed by atoms with van der Waals surface area (Å²) in [7, 11) is 0. The highest BCUT2D eigenvalue weighted by atomic mass is 15.2. The van der Waals surface area contributed by atoms with Crippen molar-refractivity contribution in [3.63, 3.8) is 0 Å². The minimum atomic E-state index is 0.717. The fourth-order valence-electron chi connectivity index (χ4n) is 3.99. The second-order valence-electron chi connectivity index (χ2n) is 5.51. The SMILES string of the molecule is CCC(CC)N1C2CCCC1c1ccccc12. The van der Waals surface area contributed by atoms with E-state index in [1.165, 1.54) is 32.1 Å². The summed E-state index contributed by atoms with van der Waals surface area (Å²) in [4.78, 5) is 2.83. The number of fused-ring (bicyclic) bond motifs is 5. The fourth-order valence-corrected chi connectivity index (χ4v) is 3.99. The third kappa shape index (κ3) is 1.63. The quantitative estimate of drug-likeness (QED) is 0.740. The maximum absolute atomic E-state index is 2.83. The molecule has 0 aromatic heterocycles. The molecule has 0 aliphatic carbocycles. The zero-order valence-corrected chi connectivity index (χ0v) is 11.0. The van der Waals surface area contributed by atoms with Gasteiger partial charge in [0.15, 0.2) is 0 Å². The standard InChI is InChI=1S/C16H23N/c1-3-12(4-2)17-15-10-7-11-16(17)14-9-6-5-8-13(14)15/h5-6,8-9,12,15-16H,3-4,7,10-11H2,1-2H3. The number of piperidine rings is 1. The first kappa shape index (κ1) is 11.3. The molecule has 3 rings (SSSR count). The predicted molar refractivity (Wildman–Crippen MR) is 72.0 cm³/mol. The maximum atomic E-state index is 2.83. The van der Waals surface area contributed by atoms with E-state index in [0.29, 0.717) is 0 Å². The summed E-state index contributed by atoms with van der Waals surface area (Å²) in [6, 6.07) is 11.4. The highest BCUT2D eigenvalue weighted by Gasteiger charge is 2.42. The van der Waals surface area contributed by atoms with E-state index in [-0.39, 0.29) is 0 Å². The highest BCUT2D eigenvalue weighted by molar-refractivity contribution is 5.38. The van der Waals surface area contributed by atoms with Crippen LogP contribution in [0.3, 0.4) is 0 Å². The molecule has 1 aromatic carbocycles. The summed E-state index contributed by atoms with van der Waals surface area (Å²) in [5, 5.41) is 0. The molecule has 0 radical (unpaired) electrons. The summed E-state index contributed by atoms with van der Waals surface area (Å²) in [5.74, 6) is 0. The van der Waals surface area contributed by atoms with Crippen LogP contribution in [0.1, 0.15) is 69.2 Å². The van der Waals surface area contributed by atoms with Crippen LogP contribution in [-0.4, -0.2) is 10.9 Å². The van der Waals surface area contributed by atoms with Crippen molar-refractivity contribution in [2.24, 2.45) is 0 Å². The third-order valence-corrected chi connectivity index (χ3v) is 4.75. The van der Waals surface area contributed by atoms with Gasteiger partial charge < -0.3 is 0 Å². The first-order valence-electron chi connectivity index (χ1n) is 7.23. The van der Waals surface area contributed by atoms with Gasteiger partial charge in [-0.1, -0.05) is 38.1 Å². The average molecular weight is 229 g/mol. The molecule has 2 aliphatic heterocycles.